The molecule has 1 saturated heterocycles. The van der Waals surface area contributed by atoms with Gasteiger partial charge in [0.15, 0.2) is 6.61 Å². The zero-order chi connectivity index (χ0) is 15.2. The molecule has 1 aliphatic rings. The Morgan fingerprint density at radius 3 is 2.73 bits per heavy atom. The number of carbonyl (C=O) groups is 1. The average molecular weight is 318 g/mol. The van der Waals surface area contributed by atoms with Crippen molar-refractivity contribution >= 4 is 29.1 Å². The van der Waals surface area contributed by atoms with E-state index in [0.29, 0.717) is 5.88 Å². The highest BCUT2D eigenvalue weighted by molar-refractivity contribution is 6.99. The van der Waals surface area contributed by atoms with Crippen molar-refractivity contribution in [2.75, 3.05) is 29.9 Å². The van der Waals surface area contributed by atoms with E-state index in [1.165, 1.54) is 6.42 Å². The maximum atomic E-state index is 11.9. The monoisotopic (exact) mass is 318 g/mol. The number of nitrogens with zero attached hydrogens (tertiary/aromatic N) is 3. The summed E-state index contributed by atoms with van der Waals surface area (Å²) in [5, 5.41) is 2.78. The number of ether oxygens (including phenoxy) is 1. The van der Waals surface area contributed by atoms with Crippen molar-refractivity contribution in [2.24, 2.45) is 0 Å². The fourth-order valence-corrected chi connectivity index (χ4v) is 2.94. The molecular weight excluding hydrogens is 300 g/mol. The largest absolute Gasteiger partial charge is 0.464 e. The second kappa shape index (κ2) is 7.22. The van der Waals surface area contributed by atoms with Gasteiger partial charge in [-0.05, 0) is 31.4 Å². The van der Waals surface area contributed by atoms with Gasteiger partial charge in [-0.2, -0.15) is 4.37 Å². The van der Waals surface area contributed by atoms with E-state index in [1.807, 2.05) is 30.3 Å². The average Bonchev–Trinajstić information content (AvgIpc) is 3.03. The first-order valence-corrected chi connectivity index (χ1v) is 8.11. The van der Waals surface area contributed by atoms with Gasteiger partial charge < -0.3 is 15.0 Å². The quantitative estimate of drug-likeness (QED) is 0.917. The molecule has 6 nitrogen and oxygen atoms in total. The summed E-state index contributed by atoms with van der Waals surface area (Å²) in [7, 11) is 0. The summed E-state index contributed by atoms with van der Waals surface area (Å²) in [6, 6.07) is 9.31. The van der Waals surface area contributed by atoms with E-state index in [-0.39, 0.29) is 12.5 Å². The summed E-state index contributed by atoms with van der Waals surface area (Å²) < 4.78 is 14.0. The molecule has 1 aliphatic heterocycles. The molecule has 0 aliphatic carbocycles. The fraction of sp³-hybridized carbons (Fsp3) is 0.400. The van der Waals surface area contributed by atoms with E-state index in [2.05, 4.69) is 19.0 Å². The molecule has 0 radical (unpaired) electrons. The Labute approximate surface area is 133 Å². The SMILES string of the molecule is O=C(COc1nsnc1N1CCCCC1)Nc1ccccc1. The van der Waals surface area contributed by atoms with Crippen LogP contribution in [-0.2, 0) is 4.79 Å². The zero-order valence-corrected chi connectivity index (χ0v) is 13.0. The Bertz CT molecular complexity index is 611. The van der Waals surface area contributed by atoms with Crippen molar-refractivity contribution in [3.63, 3.8) is 0 Å². The van der Waals surface area contributed by atoms with Crippen LogP contribution in [0, 0.1) is 0 Å². The normalized spacial score (nSPS) is 14.6. The molecule has 2 aromatic rings. The van der Waals surface area contributed by atoms with Crippen LogP contribution in [-0.4, -0.2) is 34.4 Å². The van der Waals surface area contributed by atoms with Gasteiger partial charge in [0.25, 0.3) is 11.8 Å². The van der Waals surface area contributed by atoms with Crippen LogP contribution in [0.2, 0.25) is 0 Å². The number of hydrogen-bond donors (Lipinski definition) is 1. The van der Waals surface area contributed by atoms with Crippen LogP contribution in [0.3, 0.4) is 0 Å². The molecule has 0 bridgehead atoms. The summed E-state index contributed by atoms with van der Waals surface area (Å²) in [6.45, 7) is 1.87. The van der Waals surface area contributed by atoms with Crippen molar-refractivity contribution in [1.29, 1.82) is 0 Å². The smallest absolute Gasteiger partial charge is 0.271 e. The zero-order valence-electron chi connectivity index (χ0n) is 12.2. The van der Waals surface area contributed by atoms with Gasteiger partial charge in [0.1, 0.15) is 0 Å². The third kappa shape index (κ3) is 3.73. The Morgan fingerprint density at radius 1 is 1.18 bits per heavy atom. The third-order valence-electron chi connectivity index (χ3n) is 3.50. The molecule has 0 spiro atoms. The van der Waals surface area contributed by atoms with E-state index in [1.54, 1.807) is 0 Å². The van der Waals surface area contributed by atoms with Crippen LogP contribution in [0.25, 0.3) is 0 Å². The number of para-hydroxylation sites is 1. The van der Waals surface area contributed by atoms with E-state index < -0.39 is 0 Å². The fourth-order valence-electron chi connectivity index (χ4n) is 2.42. The van der Waals surface area contributed by atoms with Gasteiger partial charge in [0.2, 0.25) is 5.82 Å². The molecule has 3 rings (SSSR count). The lowest BCUT2D eigenvalue weighted by molar-refractivity contribution is -0.118. The van der Waals surface area contributed by atoms with Crippen LogP contribution in [0.5, 0.6) is 5.88 Å². The van der Waals surface area contributed by atoms with E-state index in [9.17, 15) is 4.79 Å². The minimum atomic E-state index is -0.205. The van der Waals surface area contributed by atoms with Gasteiger partial charge in [0, 0.05) is 18.8 Å². The predicted octanol–water partition coefficient (Wildman–Crippen LogP) is 2.55. The number of aromatic nitrogens is 2. The molecule has 2 heterocycles. The minimum Gasteiger partial charge on any atom is -0.464 e. The molecule has 1 aromatic heterocycles. The Morgan fingerprint density at radius 2 is 1.95 bits per heavy atom. The molecular formula is C15H18N4O2S. The van der Waals surface area contributed by atoms with Crippen LogP contribution in [0.15, 0.2) is 30.3 Å². The molecule has 0 atom stereocenters. The molecule has 1 aromatic carbocycles. The summed E-state index contributed by atoms with van der Waals surface area (Å²) in [6.07, 6.45) is 3.57. The van der Waals surface area contributed by atoms with Gasteiger partial charge in [-0.3, -0.25) is 4.79 Å². The van der Waals surface area contributed by atoms with E-state index in [4.69, 9.17) is 4.74 Å². The summed E-state index contributed by atoms with van der Waals surface area (Å²) in [5.41, 5.74) is 0.753. The molecule has 7 heteroatoms. The standard InChI is InChI=1S/C15H18N4O2S/c20-13(16-12-7-3-1-4-8-12)11-21-15-14(17-22-18-15)19-9-5-2-6-10-19/h1,3-4,7-8H,2,5-6,9-11H2,(H,16,20). The van der Waals surface area contributed by atoms with E-state index >= 15 is 0 Å². The first-order valence-electron chi connectivity index (χ1n) is 7.38. The van der Waals surface area contributed by atoms with Crippen molar-refractivity contribution in [3.8, 4) is 5.88 Å². The highest BCUT2D eigenvalue weighted by Gasteiger charge is 2.20. The third-order valence-corrected chi connectivity index (χ3v) is 4.00. The molecule has 116 valence electrons. The van der Waals surface area contributed by atoms with Crippen molar-refractivity contribution in [1.82, 2.24) is 8.75 Å². The van der Waals surface area contributed by atoms with Crippen LogP contribution < -0.4 is 15.0 Å². The number of benzene rings is 1. The lowest BCUT2D eigenvalue weighted by Crippen LogP contribution is -2.30. The van der Waals surface area contributed by atoms with Gasteiger partial charge in [0.05, 0.1) is 11.7 Å². The number of carbonyl (C=O) groups excluding carboxylic acids is 1. The second-order valence-electron chi connectivity index (χ2n) is 5.14. The van der Waals surface area contributed by atoms with Gasteiger partial charge in [-0.15, -0.1) is 4.37 Å². The number of piperidine rings is 1. The van der Waals surface area contributed by atoms with Crippen molar-refractivity contribution in [2.45, 2.75) is 19.3 Å². The van der Waals surface area contributed by atoms with Gasteiger partial charge >= 0.3 is 0 Å². The topological polar surface area (TPSA) is 67.3 Å². The minimum absolute atomic E-state index is 0.0683. The lowest BCUT2D eigenvalue weighted by Gasteiger charge is -2.26. The molecule has 1 fully saturated rings. The first-order chi connectivity index (χ1) is 10.8. The first kappa shape index (κ1) is 14.8. The lowest BCUT2D eigenvalue weighted by atomic mass is 10.1. The van der Waals surface area contributed by atoms with Gasteiger partial charge in [-0.25, -0.2) is 0 Å². The second-order valence-corrected chi connectivity index (χ2v) is 5.67. The van der Waals surface area contributed by atoms with Crippen molar-refractivity contribution in [3.05, 3.63) is 30.3 Å². The Hall–Kier alpha value is -2.15. The van der Waals surface area contributed by atoms with Crippen LogP contribution >= 0.6 is 11.7 Å². The number of rotatable bonds is 5. The summed E-state index contributed by atoms with van der Waals surface area (Å²) in [4.78, 5) is 14.1. The number of hydrogen-bond acceptors (Lipinski definition) is 6. The summed E-state index contributed by atoms with van der Waals surface area (Å²) >= 11 is 1.12. The molecule has 0 saturated carbocycles. The van der Waals surface area contributed by atoms with E-state index in [0.717, 1.165) is 49.2 Å². The highest BCUT2D eigenvalue weighted by Crippen LogP contribution is 2.28. The number of anilines is 2. The Kier molecular flexibility index (Phi) is 4.85. The molecule has 1 amide bonds. The maximum absolute atomic E-state index is 11.9. The van der Waals surface area contributed by atoms with Crippen LogP contribution in [0.1, 0.15) is 19.3 Å². The van der Waals surface area contributed by atoms with Gasteiger partial charge in [-0.1, -0.05) is 18.2 Å². The number of nitrogens with one attached hydrogen (secondary N) is 1. The molecule has 1 N–H and O–H groups in total. The summed E-state index contributed by atoms with van der Waals surface area (Å²) in [5.74, 6) is 1.01. The molecule has 0 unspecified atom stereocenters. The maximum Gasteiger partial charge on any atom is 0.271 e. The van der Waals surface area contributed by atoms with Crippen molar-refractivity contribution < 1.29 is 9.53 Å². The highest BCUT2D eigenvalue weighted by atomic mass is 32.1. The molecule has 22 heavy (non-hydrogen) atoms. The van der Waals surface area contributed by atoms with Crippen LogP contribution in [0.4, 0.5) is 11.5 Å². The predicted molar refractivity (Wildman–Crippen MR) is 86.5 cm³/mol. The number of amides is 1. The Balaban J connectivity index is 1.55.